The molecular formula is C14H13N3O. The summed E-state index contributed by atoms with van der Waals surface area (Å²) in [4.78, 5) is 4.60. The minimum atomic E-state index is 0.614. The molecule has 2 aromatic heterocycles. The van der Waals surface area contributed by atoms with E-state index in [9.17, 15) is 0 Å². The van der Waals surface area contributed by atoms with Crippen molar-refractivity contribution in [1.29, 1.82) is 0 Å². The van der Waals surface area contributed by atoms with Crippen LogP contribution in [0.2, 0.25) is 0 Å². The molecule has 90 valence electrons. The number of fused-ring (bicyclic) bond motifs is 1. The van der Waals surface area contributed by atoms with E-state index in [1.807, 2.05) is 31.2 Å². The largest absolute Gasteiger partial charge is 0.364 e. The number of aromatic nitrogens is 2. The molecule has 4 nitrogen and oxygen atoms in total. The molecule has 1 aromatic carbocycles. The van der Waals surface area contributed by atoms with Gasteiger partial charge in [0.25, 0.3) is 0 Å². The molecular weight excluding hydrogens is 226 g/mol. The molecule has 0 aliphatic heterocycles. The maximum Gasteiger partial charge on any atom is 0.129 e. The van der Waals surface area contributed by atoms with Crippen LogP contribution < -0.4 is 5.32 Å². The van der Waals surface area contributed by atoms with Gasteiger partial charge in [0.2, 0.25) is 0 Å². The third kappa shape index (κ3) is 2.05. The zero-order valence-corrected chi connectivity index (χ0v) is 10.1. The Bertz CT molecular complexity index is 662. The molecule has 0 fully saturated rings. The molecule has 3 aromatic rings. The normalized spacial score (nSPS) is 10.7. The van der Waals surface area contributed by atoms with E-state index >= 15 is 0 Å². The molecule has 0 aliphatic rings. The van der Waals surface area contributed by atoms with Crippen LogP contribution in [-0.2, 0) is 6.54 Å². The van der Waals surface area contributed by atoms with E-state index in [2.05, 4.69) is 27.6 Å². The lowest BCUT2D eigenvalue weighted by Crippen LogP contribution is -2.03. The summed E-state index contributed by atoms with van der Waals surface area (Å²) < 4.78 is 4.79. The Morgan fingerprint density at radius 1 is 1.22 bits per heavy atom. The van der Waals surface area contributed by atoms with Gasteiger partial charge in [0.1, 0.15) is 17.8 Å². The number of para-hydroxylation sites is 1. The van der Waals surface area contributed by atoms with Crippen LogP contribution in [0.1, 0.15) is 11.3 Å². The molecule has 0 radical (unpaired) electrons. The van der Waals surface area contributed by atoms with E-state index in [0.29, 0.717) is 6.54 Å². The van der Waals surface area contributed by atoms with Gasteiger partial charge in [-0.2, -0.15) is 0 Å². The molecule has 18 heavy (non-hydrogen) atoms. The first kappa shape index (κ1) is 10.8. The van der Waals surface area contributed by atoms with Crippen molar-refractivity contribution in [3.63, 3.8) is 0 Å². The van der Waals surface area contributed by atoms with E-state index in [4.69, 9.17) is 4.52 Å². The Morgan fingerprint density at radius 2 is 2.11 bits per heavy atom. The van der Waals surface area contributed by atoms with Crippen LogP contribution in [0.15, 0.2) is 47.2 Å². The minimum Gasteiger partial charge on any atom is -0.364 e. The van der Waals surface area contributed by atoms with Crippen LogP contribution >= 0.6 is 0 Å². The van der Waals surface area contributed by atoms with Crippen molar-refractivity contribution in [2.45, 2.75) is 13.5 Å². The van der Waals surface area contributed by atoms with Crippen molar-refractivity contribution in [2.75, 3.05) is 5.32 Å². The number of hydrogen-bond donors (Lipinski definition) is 1. The standard InChI is InChI=1S/C14H13N3O/c1-10-8-11-4-2-3-5-13(11)16-14(10)15-9-12-6-7-18-17-12/h2-8H,9H2,1H3,(H,15,16). The van der Waals surface area contributed by atoms with Crippen LogP contribution in [0.3, 0.4) is 0 Å². The van der Waals surface area contributed by atoms with Crippen molar-refractivity contribution in [3.8, 4) is 0 Å². The molecule has 0 bridgehead atoms. The zero-order valence-electron chi connectivity index (χ0n) is 10.1. The lowest BCUT2D eigenvalue weighted by atomic mass is 10.1. The van der Waals surface area contributed by atoms with Gasteiger partial charge in [-0.15, -0.1) is 0 Å². The highest BCUT2D eigenvalue weighted by Crippen LogP contribution is 2.19. The number of nitrogens with zero attached hydrogens (tertiary/aromatic N) is 2. The van der Waals surface area contributed by atoms with Crippen LogP contribution in [0.4, 0.5) is 5.82 Å². The summed E-state index contributed by atoms with van der Waals surface area (Å²) in [6.45, 7) is 2.66. The lowest BCUT2D eigenvalue weighted by Gasteiger charge is -2.08. The average molecular weight is 239 g/mol. The fourth-order valence-electron chi connectivity index (χ4n) is 1.90. The Labute approximate surface area is 105 Å². The van der Waals surface area contributed by atoms with Crippen molar-refractivity contribution in [3.05, 3.63) is 53.9 Å². The molecule has 4 heteroatoms. The maximum absolute atomic E-state index is 4.79. The Balaban J connectivity index is 1.89. The second kappa shape index (κ2) is 4.49. The molecule has 0 unspecified atom stereocenters. The first-order valence-electron chi connectivity index (χ1n) is 5.82. The van der Waals surface area contributed by atoms with E-state index < -0.39 is 0 Å². The first-order valence-corrected chi connectivity index (χ1v) is 5.82. The topological polar surface area (TPSA) is 51.0 Å². The Kier molecular flexibility index (Phi) is 2.68. The van der Waals surface area contributed by atoms with Crippen molar-refractivity contribution < 1.29 is 4.52 Å². The molecule has 0 amide bonds. The van der Waals surface area contributed by atoms with Crippen LogP contribution in [0, 0.1) is 6.92 Å². The molecule has 0 saturated heterocycles. The number of pyridine rings is 1. The summed E-state index contributed by atoms with van der Waals surface area (Å²) in [7, 11) is 0. The molecule has 0 saturated carbocycles. The molecule has 1 N–H and O–H groups in total. The third-order valence-corrected chi connectivity index (χ3v) is 2.84. The van der Waals surface area contributed by atoms with E-state index in [0.717, 1.165) is 28.0 Å². The fourth-order valence-corrected chi connectivity index (χ4v) is 1.90. The molecule has 0 spiro atoms. The van der Waals surface area contributed by atoms with Crippen LogP contribution in [-0.4, -0.2) is 10.1 Å². The van der Waals surface area contributed by atoms with E-state index in [-0.39, 0.29) is 0 Å². The van der Waals surface area contributed by atoms with Gasteiger partial charge in [0.05, 0.1) is 12.1 Å². The Hall–Kier alpha value is -2.36. The molecule has 0 atom stereocenters. The predicted molar refractivity (Wildman–Crippen MR) is 70.3 cm³/mol. The van der Waals surface area contributed by atoms with Gasteiger partial charge in [-0.25, -0.2) is 4.98 Å². The van der Waals surface area contributed by atoms with Crippen LogP contribution in [0.5, 0.6) is 0 Å². The Morgan fingerprint density at radius 3 is 2.94 bits per heavy atom. The van der Waals surface area contributed by atoms with Gasteiger partial charge in [-0.3, -0.25) is 0 Å². The summed E-state index contributed by atoms with van der Waals surface area (Å²) >= 11 is 0. The van der Waals surface area contributed by atoms with Gasteiger partial charge < -0.3 is 9.84 Å². The quantitative estimate of drug-likeness (QED) is 0.762. The highest BCUT2D eigenvalue weighted by Gasteiger charge is 2.03. The number of anilines is 1. The smallest absolute Gasteiger partial charge is 0.129 e. The monoisotopic (exact) mass is 239 g/mol. The minimum absolute atomic E-state index is 0.614. The number of benzene rings is 1. The summed E-state index contributed by atoms with van der Waals surface area (Å²) in [5.74, 6) is 0.886. The van der Waals surface area contributed by atoms with Gasteiger partial charge >= 0.3 is 0 Å². The molecule has 2 heterocycles. The van der Waals surface area contributed by atoms with E-state index in [1.165, 1.54) is 0 Å². The lowest BCUT2D eigenvalue weighted by molar-refractivity contribution is 0.412. The second-order valence-corrected chi connectivity index (χ2v) is 4.19. The number of nitrogens with one attached hydrogen (secondary N) is 1. The van der Waals surface area contributed by atoms with Gasteiger partial charge in [-0.05, 0) is 24.6 Å². The van der Waals surface area contributed by atoms with Crippen molar-refractivity contribution in [2.24, 2.45) is 0 Å². The van der Waals surface area contributed by atoms with Gasteiger partial charge in [0, 0.05) is 11.5 Å². The summed E-state index contributed by atoms with van der Waals surface area (Å²) in [6.07, 6.45) is 1.57. The molecule has 3 rings (SSSR count). The molecule has 0 aliphatic carbocycles. The maximum atomic E-state index is 4.79. The van der Waals surface area contributed by atoms with Gasteiger partial charge in [0.15, 0.2) is 0 Å². The number of hydrogen-bond acceptors (Lipinski definition) is 4. The number of rotatable bonds is 3. The summed E-state index contributed by atoms with van der Waals surface area (Å²) in [6, 6.07) is 12.1. The summed E-state index contributed by atoms with van der Waals surface area (Å²) in [5, 5.41) is 8.29. The fraction of sp³-hybridized carbons (Fsp3) is 0.143. The highest BCUT2D eigenvalue weighted by molar-refractivity contribution is 5.81. The SMILES string of the molecule is Cc1cc2ccccc2nc1NCc1ccon1. The van der Waals surface area contributed by atoms with Gasteiger partial charge in [-0.1, -0.05) is 23.4 Å². The third-order valence-electron chi connectivity index (χ3n) is 2.84. The summed E-state index contributed by atoms with van der Waals surface area (Å²) in [5.41, 5.74) is 2.98. The average Bonchev–Trinajstić information content (AvgIpc) is 2.89. The first-order chi connectivity index (χ1) is 8.83. The van der Waals surface area contributed by atoms with E-state index in [1.54, 1.807) is 6.26 Å². The predicted octanol–water partition coefficient (Wildman–Crippen LogP) is 3.14. The second-order valence-electron chi connectivity index (χ2n) is 4.19. The van der Waals surface area contributed by atoms with Crippen molar-refractivity contribution in [1.82, 2.24) is 10.1 Å². The van der Waals surface area contributed by atoms with Crippen LogP contribution in [0.25, 0.3) is 10.9 Å². The highest BCUT2D eigenvalue weighted by atomic mass is 16.5. The van der Waals surface area contributed by atoms with Crippen molar-refractivity contribution >= 4 is 16.7 Å². The number of aryl methyl sites for hydroxylation is 1. The zero-order chi connectivity index (χ0) is 12.4.